The summed E-state index contributed by atoms with van der Waals surface area (Å²) in [5, 5.41) is 12.9. The van der Waals surface area contributed by atoms with Crippen molar-refractivity contribution in [2.75, 3.05) is 13.2 Å². The lowest BCUT2D eigenvalue weighted by molar-refractivity contribution is 0.213. The summed E-state index contributed by atoms with van der Waals surface area (Å²) >= 11 is 0. The molecule has 0 saturated carbocycles. The number of aliphatic hydroxyl groups is 1. The first-order chi connectivity index (χ1) is 7.98. The maximum Gasteiger partial charge on any atom is 0.248 e. The van der Waals surface area contributed by atoms with Crippen LogP contribution in [0.25, 0.3) is 0 Å². The predicted molar refractivity (Wildman–Crippen MR) is 60.0 cm³/mol. The molecule has 2 heterocycles. The van der Waals surface area contributed by atoms with E-state index in [1.54, 1.807) is 13.8 Å². The standard InChI is InChI=1S/C10H16N2O4S/c1-7-10(8(2)16-11-7)17(14,15)12-5-3-4-9(12)6-13/h9,13H,3-6H2,1-2H3. The molecule has 2 rings (SSSR count). The molecule has 1 aromatic heterocycles. The zero-order valence-electron chi connectivity index (χ0n) is 9.88. The van der Waals surface area contributed by atoms with E-state index in [9.17, 15) is 13.5 Å². The number of aliphatic hydroxyl groups excluding tert-OH is 1. The average Bonchev–Trinajstić information content (AvgIpc) is 2.85. The highest BCUT2D eigenvalue weighted by atomic mass is 32.2. The van der Waals surface area contributed by atoms with Crippen LogP contribution in [0.4, 0.5) is 0 Å². The monoisotopic (exact) mass is 260 g/mol. The maximum atomic E-state index is 12.4. The maximum absolute atomic E-state index is 12.4. The highest BCUT2D eigenvalue weighted by molar-refractivity contribution is 7.89. The summed E-state index contributed by atoms with van der Waals surface area (Å²) in [5.41, 5.74) is 0.367. The molecule has 1 atom stereocenters. The van der Waals surface area contributed by atoms with Crippen molar-refractivity contribution in [3.63, 3.8) is 0 Å². The van der Waals surface area contributed by atoms with Crippen molar-refractivity contribution in [2.24, 2.45) is 0 Å². The van der Waals surface area contributed by atoms with E-state index in [4.69, 9.17) is 4.52 Å². The number of hydrogen-bond acceptors (Lipinski definition) is 5. The number of nitrogens with zero attached hydrogens (tertiary/aromatic N) is 2. The molecule has 0 amide bonds. The summed E-state index contributed by atoms with van der Waals surface area (Å²) in [7, 11) is -3.60. The van der Waals surface area contributed by atoms with E-state index < -0.39 is 10.0 Å². The van der Waals surface area contributed by atoms with E-state index in [1.165, 1.54) is 4.31 Å². The molecule has 17 heavy (non-hydrogen) atoms. The normalized spacial score (nSPS) is 22.2. The van der Waals surface area contributed by atoms with Gasteiger partial charge in [-0.25, -0.2) is 8.42 Å². The molecule has 6 nitrogen and oxygen atoms in total. The van der Waals surface area contributed by atoms with Crippen molar-refractivity contribution < 1.29 is 18.0 Å². The Morgan fingerprint density at radius 2 is 2.24 bits per heavy atom. The number of hydrogen-bond donors (Lipinski definition) is 1. The van der Waals surface area contributed by atoms with Gasteiger partial charge in [-0.3, -0.25) is 0 Å². The van der Waals surface area contributed by atoms with Crippen molar-refractivity contribution >= 4 is 10.0 Å². The Balaban J connectivity index is 2.43. The van der Waals surface area contributed by atoms with Crippen LogP contribution in [0.2, 0.25) is 0 Å². The zero-order valence-corrected chi connectivity index (χ0v) is 10.7. The Hall–Kier alpha value is -0.920. The van der Waals surface area contributed by atoms with Gasteiger partial charge in [-0.15, -0.1) is 0 Å². The molecule has 0 aromatic carbocycles. The highest BCUT2D eigenvalue weighted by Crippen LogP contribution is 2.29. The molecule has 0 bridgehead atoms. The van der Waals surface area contributed by atoms with Gasteiger partial charge in [0.25, 0.3) is 0 Å². The van der Waals surface area contributed by atoms with E-state index in [2.05, 4.69) is 5.16 Å². The smallest absolute Gasteiger partial charge is 0.248 e. The van der Waals surface area contributed by atoms with Crippen LogP contribution in [0.15, 0.2) is 9.42 Å². The van der Waals surface area contributed by atoms with Crippen LogP contribution >= 0.6 is 0 Å². The first-order valence-corrected chi connectivity index (χ1v) is 6.98. The summed E-state index contributed by atoms with van der Waals surface area (Å²) in [6.07, 6.45) is 1.47. The quantitative estimate of drug-likeness (QED) is 0.852. The fourth-order valence-corrected chi connectivity index (χ4v) is 4.25. The molecule has 1 aliphatic rings. The number of aryl methyl sites for hydroxylation is 2. The third-order valence-electron chi connectivity index (χ3n) is 3.07. The Morgan fingerprint density at radius 3 is 2.76 bits per heavy atom. The zero-order chi connectivity index (χ0) is 12.6. The second-order valence-corrected chi connectivity index (χ2v) is 6.08. The minimum Gasteiger partial charge on any atom is -0.395 e. The number of rotatable bonds is 3. The van der Waals surface area contributed by atoms with E-state index >= 15 is 0 Å². The van der Waals surface area contributed by atoms with Gasteiger partial charge >= 0.3 is 0 Å². The molecule has 0 aliphatic carbocycles. The fourth-order valence-electron chi connectivity index (χ4n) is 2.27. The molecule has 1 N–H and O–H groups in total. The average molecular weight is 260 g/mol. The van der Waals surface area contributed by atoms with Crippen LogP contribution in [-0.2, 0) is 10.0 Å². The van der Waals surface area contributed by atoms with Crippen molar-refractivity contribution in [3.8, 4) is 0 Å². The van der Waals surface area contributed by atoms with Gasteiger partial charge in [0.15, 0.2) is 5.76 Å². The molecular weight excluding hydrogens is 244 g/mol. The van der Waals surface area contributed by atoms with Gasteiger partial charge in [0.05, 0.1) is 6.61 Å². The third kappa shape index (κ3) is 1.98. The van der Waals surface area contributed by atoms with Crippen LogP contribution in [0, 0.1) is 13.8 Å². The SMILES string of the molecule is Cc1noc(C)c1S(=O)(=O)N1CCCC1CO. The summed E-state index contributed by atoms with van der Waals surface area (Å²) in [6, 6.07) is -0.325. The summed E-state index contributed by atoms with van der Waals surface area (Å²) in [6.45, 7) is 3.48. The van der Waals surface area contributed by atoms with Gasteiger partial charge < -0.3 is 9.63 Å². The van der Waals surface area contributed by atoms with Crippen LogP contribution in [0.1, 0.15) is 24.3 Å². The van der Waals surface area contributed by atoms with Gasteiger partial charge in [-0.2, -0.15) is 4.31 Å². The summed E-state index contributed by atoms with van der Waals surface area (Å²) in [5.74, 6) is 0.297. The second-order valence-electron chi connectivity index (χ2n) is 4.25. The molecule has 1 unspecified atom stereocenters. The molecule has 96 valence electrons. The topological polar surface area (TPSA) is 83.6 Å². The fraction of sp³-hybridized carbons (Fsp3) is 0.700. The lowest BCUT2D eigenvalue weighted by atomic mass is 10.2. The lowest BCUT2D eigenvalue weighted by Crippen LogP contribution is -2.38. The third-order valence-corrected chi connectivity index (χ3v) is 5.27. The van der Waals surface area contributed by atoms with Crippen molar-refractivity contribution in [3.05, 3.63) is 11.5 Å². The van der Waals surface area contributed by atoms with Gasteiger partial charge in [0, 0.05) is 12.6 Å². The summed E-state index contributed by atoms with van der Waals surface area (Å²) in [4.78, 5) is 0.137. The highest BCUT2D eigenvalue weighted by Gasteiger charge is 2.38. The molecule has 0 radical (unpaired) electrons. The molecule has 1 fully saturated rings. The molecular formula is C10H16N2O4S. The van der Waals surface area contributed by atoms with E-state index in [1.807, 2.05) is 0 Å². The van der Waals surface area contributed by atoms with Crippen LogP contribution < -0.4 is 0 Å². The lowest BCUT2D eigenvalue weighted by Gasteiger charge is -2.21. The van der Waals surface area contributed by atoms with Gasteiger partial charge in [0.2, 0.25) is 10.0 Å². The Labute approximate surface area is 100 Å². The Morgan fingerprint density at radius 1 is 1.53 bits per heavy atom. The van der Waals surface area contributed by atoms with E-state index in [0.717, 1.165) is 6.42 Å². The first kappa shape index (κ1) is 12.5. The Kier molecular flexibility index (Phi) is 3.24. The van der Waals surface area contributed by atoms with Crippen LogP contribution in [-0.4, -0.2) is 42.2 Å². The first-order valence-electron chi connectivity index (χ1n) is 5.54. The van der Waals surface area contributed by atoms with Crippen molar-refractivity contribution in [1.82, 2.24) is 9.46 Å². The van der Waals surface area contributed by atoms with Gasteiger partial charge in [0.1, 0.15) is 10.6 Å². The molecule has 1 saturated heterocycles. The van der Waals surface area contributed by atoms with Crippen molar-refractivity contribution in [2.45, 2.75) is 37.6 Å². The molecule has 7 heteroatoms. The summed E-state index contributed by atoms with van der Waals surface area (Å²) < 4.78 is 31.1. The minimum atomic E-state index is -3.60. The van der Waals surface area contributed by atoms with Crippen LogP contribution in [0.5, 0.6) is 0 Å². The van der Waals surface area contributed by atoms with E-state index in [-0.39, 0.29) is 17.5 Å². The van der Waals surface area contributed by atoms with E-state index in [0.29, 0.717) is 24.4 Å². The number of aromatic nitrogens is 1. The predicted octanol–water partition coefficient (Wildman–Crippen LogP) is 0.437. The molecule has 0 spiro atoms. The Bertz CT molecular complexity index is 489. The van der Waals surface area contributed by atoms with Gasteiger partial charge in [-0.1, -0.05) is 5.16 Å². The minimum absolute atomic E-state index is 0.137. The molecule has 1 aliphatic heterocycles. The van der Waals surface area contributed by atoms with Crippen molar-refractivity contribution in [1.29, 1.82) is 0 Å². The second kappa shape index (κ2) is 4.40. The number of sulfonamides is 1. The largest absolute Gasteiger partial charge is 0.395 e. The van der Waals surface area contributed by atoms with Gasteiger partial charge in [-0.05, 0) is 26.7 Å². The molecule has 1 aromatic rings. The van der Waals surface area contributed by atoms with Crippen LogP contribution in [0.3, 0.4) is 0 Å².